The zero-order valence-corrected chi connectivity index (χ0v) is 15.2. The number of aromatic nitrogens is 3. The summed E-state index contributed by atoms with van der Waals surface area (Å²) in [4.78, 5) is 28.0. The summed E-state index contributed by atoms with van der Waals surface area (Å²) in [7, 11) is 0. The van der Waals surface area contributed by atoms with Gasteiger partial charge in [-0.25, -0.2) is 0 Å². The van der Waals surface area contributed by atoms with Crippen LogP contribution in [-0.4, -0.2) is 32.3 Å². The predicted octanol–water partition coefficient (Wildman–Crippen LogP) is 3.89. The lowest BCUT2D eigenvalue weighted by atomic mass is 10.0. The number of pyridine rings is 3. The molecular weight excluding hydrogens is 348 g/mol. The van der Waals surface area contributed by atoms with Crippen LogP contribution in [0.2, 0.25) is 0 Å². The topological polar surface area (TPSA) is 59.0 Å². The SMILES string of the molecule is O=C1c2c(-c3ccncc3)ccnc2CN1CCc1ccnc2ccccc12. The summed E-state index contributed by atoms with van der Waals surface area (Å²) < 4.78 is 0. The predicted molar refractivity (Wildman–Crippen MR) is 108 cm³/mol. The smallest absolute Gasteiger partial charge is 0.256 e. The minimum absolute atomic E-state index is 0.0493. The van der Waals surface area contributed by atoms with Gasteiger partial charge in [-0.1, -0.05) is 18.2 Å². The van der Waals surface area contributed by atoms with Crippen molar-refractivity contribution in [2.24, 2.45) is 0 Å². The highest BCUT2D eigenvalue weighted by molar-refractivity contribution is 6.04. The molecule has 0 bridgehead atoms. The Kier molecular flexibility index (Phi) is 4.05. The summed E-state index contributed by atoms with van der Waals surface area (Å²) in [5.74, 6) is 0.0493. The van der Waals surface area contributed by atoms with Crippen molar-refractivity contribution in [3.63, 3.8) is 0 Å². The molecule has 0 N–H and O–H groups in total. The Labute approximate surface area is 162 Å². The van der Waals surface area contributed by atoms with Gasteiger partial charge >= 0.3 is 0 Å². The van der Waals surface area contributed by atoms with Gasteiger partial charge in [-0.05, 0) is 53.4 Å². The molecule has 0 radical (unpaired) electrons. The Balaban J connectivity index is 1.42. The highest BCUT2D eigenvalue weighted by atomic mass is 16.2. The number of hydrogen-bond acceptors (Lipinski definition) is 4. The van der Waals surface area contributed by atoms with E-state index in [1.807, 2.05) is 53.6 Å². The van der Waals surface area contributed by atoms with Crippen LogP contribution in [0.4, 0.5) is 0 Å². The van der Waals surface area contributed by atoms with Gasteiger partial charge in [0.2, 0.25) is 0 Å². The summed E-state index contributed by atoms with van der Waals surface area (Å²) in [5.41, 5.74) is 5.67. The highest BCUT2D eigenvalue weighted by Gasteiger charge is 2.31. The zero-order chi connectivity index (χ0) is 18.9. The number of fused-ring (bicyclic) bond motifs is 2. The molecule has 5 heteroatoms. The first kappa shape index (κ1) is 16.6. The Morgan fingerprint density at radius 2 is 1.71 bits per heavy atom. The number of amides is 1. The van der Waals surface area contributed by atoms with Crippen LogP contribution in [0.5, 0.6) is 0 Å². The van der Waals surface area contributed by atoms with Crippen LogP contribution in [0.25, 0.3) is 22.0 Å². The van der Waals surface area contributed by atoms with Crippen molar-refractivity contribution in [2.45, 2.75) is 13.0 Å². The quantitative estimate of drug-likeness (QED) is 0.550. The fraction of sp³-hybridized carbons (Fsp3) is 0.130. The molecular formula is C23H18N4O. The molecule has 5 nitrogen and oxygen atoms in total. The fourth-order valence-corrected chi connectivity index (χ4v) is 3.86. The third-order valence-corrected chi connectivity index (χ3v) is 5.25. The highest BCUT2D eigenvalue weighted by Crippen LogP contribution is 2.31. The van der Waals surface area contributed by atoms with Crippen molar-refractivity contribution in [2.75, 3.05) is 6.54 Å². The van der Waals surface area contributed by atoms with E-state index in [4.69, 9.17) is 0 Å². The van der Waals surface area contributed by atoms with Crippen molar-refractivity contribution in [3.8, 4) is 11.1 Å². The fourth-order valence-electron chi connectivity index (χ4n) is 3.86. The van der Waals surface area contributed by atoms with Gasteiger partial charge in [-0.3, -0.25) is 19.7 Å². The molecule has 0 aliphatic carbocycles. The third kappa shape index (κ3) is 2.81. The zero-order valence-electron chi connectivity index (χ0n) is 15.2. The van der Waals surface area contributed by atoms with Crippen LogP contribution in [-0.2, 0) is 13.0 Å². The molecule has 28 heavy (non-hydrogen) atoms. The van der Waals surface area contributed by atoms with Gasteiger partial charge in [0, 0.05) is 36.7 Å². The number of para-hydroxylation sites is 1. The van der Waals surface area contributed by atoms with Crippen molar-refractivity contribution in [3.05, 3.63) is 90.1 Å². The summed E-state index contributed by atoms with van der Waals surface area (Å²) in [6.45, 7) is 1.20. The average molecular weight is 366 g/mol. The first-order valence-electron chi connectivity index (χ1n) is 9.31. The second kappa shape index (κ2) is 6.85. The summed E-state index contributed by atoms with van der Waals surface area (Å²) >= 11 is 0. The van der Waals surface area contributed by atoms with Crippen LogP contribution in [0.3, 0.4) is 0 Å². The normalized spacial score (nSPS) is 13.1. The molecule has 1 aliphatic heterocycles. The second-order valence-electron chi connectivity index (χ2n) is 6.88. The molecule has 0 saturated heterocycles. The average Bonchev–Trinajstić information content (AvgIpc) is 3.08. The van der Waals surface area contributed by atoms with Crippen LogP contribution in [0.15, 0.2) is 73.3 Å². The molecule has 3 aromatic heterocycles. The maximum absolute atomic E-state index is 13.1. The van der Waals surface area contributed by atoms with E-state index in [2.05, 4.69) is 21.0 Å². The number of carbonyl (C=O) groups is 1. The number of carbonyl (C=O) groups excluding carboxylic acids is 1. The molecule has 0 spiro atoms. The summed E-state index contributed by atoms with van der Waals surface area (Å²) in [5, 5.41) is 1.14. The molecule has 5 rings (SSSR count). The Hall–Kier alpha value is -3.60. The first-order chi connectivity index (χ1) is 13.8. The van der Waals surface area contributed by atoms with Crippen molar-refractivity contribution in [1.82, 2.24) is 19.9 Å². The number of rotatable bonds is 4. The standard InChI is InChI=1S/C23H18N4O/c28-23-22-19(16-5-10-24-11-6-16)8-13-26-21(22)15-27(23)14-9-17-7-12-25-20-4-2-1-3-18(17)20/h1-8,10-13H,9,14-15H2. The Bertz CT molecular complexity index is 1170. The largest absolute Gasteiger partial charge is 0.332 e. The van der Waals surface area contributed by atoms with E-state index >= 15 is 0 Å². The molecule has 1 amide bonds. The lowest BCUT2D eigenvalue weighted by molar-refractivity contribution is 0.0780. The molecule has 0 unspecified atom stereocenters. The van der Waals surface area contributed by atoms with Gasteiger partial charge in [-0.2, -0.15) is 0 Å². The van der Waals surface area contributed by atoms with Crippen molar-refractivity contribution in [1.29, 1.82) is 0 Å². The van der Waals surface area contributed by atoms with Crippen LogP contribution in [0, 0.1) is 0 Å². The van der Waals surface area contributed by atoms with E-state index in [0.29, 0.717) is 18.7 Å². The monoisotopic (exact) mass is 366 g/mol. The van der Waals surface area contributed by atoms with Gasteiger partial charge < -0.3 is 4.90 Å². The Morgan fingerprint density at radius 1 is 0.893 bits per heavy atom. The van der Waals surface area contributed by atoms with Crippen molar-refractivity contribution < 1.29 is 4.79 Å². The Morgan fingerprint density at radius 3 is 2.61 bits per heavy atom. The number of hydrogen-bond donors (Lipinski definition) is 0. The molecule has 4 heterocycles. The van der Waals surface area contributed by atoms with Gasteiger partial charge in [-0.15, -0.1) is 0 Å². The number of nitrogens with zero attached hydrogens (tertiary/aromatic N) is 4. The summed E-state index contributed by atoms with van der Waals surface area (Å²) in [6.07, 6.45) is 7.89. The van der Waals surface area contributed by atoms with E-state index in [9.17, 15) is 4.79 Å². The molecule has 1 aromatic carbocycles. The maximum Gasteiger partial charge on any atom is 0.256 e. The molecule has 136 valence electrons. The minimum atomic E-state index is 0.0493. The molecule has 0 fully saturated rings. The van der Waals surface area contributed by atoms with Crippen LogP contribution < -0.4 is 0 Å². The lowest BCUT2D eigenvalue weighted by Gasteiger charge is -2.16. The third-order valence-electron chi connectivity index (χ3n) is 5.25. The maximum atomic E-state index is 13.1. The molecule has 0 atom stereocenters. The number of benzene rings is 1. The van der Waals surface area contributed by atoms with Gasteiger partial charge in [0.25, 0.3) is 5.91 Å². The van der Waals surface area contributed by atoms with Gasteiger partial charge in [0.1, 0.15) is 0 Å². The summed E-state index contributed by atoms with van der Waals surface area (Å²) in [6, 6.07) is 15.9. The van der Waals surface area contributed by atoms with Crippen LogP contribution in [0.1, 0.15) is 21.6 Å². The molecule has 4 aromatic rings. The van der Waals surface area contributed by atoms with E-state index in [1.54, 1.807) is 18.6 Å². The van der Waals surface area contributed by atoms with E-state index in [1.165, 1.54) is 5.56 Å². The second-order valence-corrected chi connectivity index (χ2v) is 6.88. The van der Waals surface area contributed by atoms with E-state index in [0.717, 1.165) is 34.1 Å². The first-order valence-corrected chi connectivity index (χ1v) is 9.31. The van der Waals surface area contributed by atoms with Gasteiger partial charge in [0.15, 0.2) is 0 Å². The van der Waals surface area contributed by atoms with Gasteiger partial charge in [0.05, 0.1) is 23.3 Å². The minimum Gasteiger partial charge on any atom is -0.332 e. The van der Waals surface area contributed by atoms with E-state index < -0.39 is 0 Å². The van der Waals surface area contributed by atoms with Crippen LogP contribution >= 0.6 is 0 Å². The molecule has 0 saturated carbocycles. The van der Waals surface area contributed by atoms with E-state index in [-0.39, 0.29) is 5.91 Å². The lowest BCUT2D eigenvalue weighted by Crippen LogP contribution is -2.26. The van der Waals surface area contributed by atoms with Crippen molar-refractivity contribution >= 4 is 16.8 Å². The molecule has 1 aliphatic rings.